The molecule has 0 saturated heterocycles. The Morgan fingerprint density at radius 2 is 1.09 bits per heavy atom. The summed E-state index contributed by atoms with van der Waals surface area (Å²) in [7, 11) is 0. The fraction of sp³-hybridized carbons (Fsp3) is 0. The predicted octanol–water partition coefficient (Wildman–Crippen LogP) is 9.36. The number of hydrogen-bond donors (Lipinski definition) is 0. The first kappa shape index (κ1) is 19.0. The number of hydrogen-bond acceptors (Lipinski definition) is 2. The molecule has 2 nitrogen and oxygen atoms in total. The van der Waals surface area contributed by atoms with Crippen molar-refractivity contribution in [3.63, 3.8) is 0 Å². The van der Waals surface area contributed by atoms with Crippen LogP contribution in [0.25, 0.3) is 43.5 Å². The molecule has 160 valence electrons. The van der Waals surface area contributed by atoms with E-state index in [1.54, 1.807) is 0 Å². The maximum absolute atomic E-state index is 6.36. The molecule has 0 atom stereocenters. The predicted molar refractivity (Wildman–Crippen MR) is 143 cm³/mol. The first-order chi connectivity index (χ1) is 16.9. The Kier molecular flexibility index (Phi) is 4.18. The summed E-state index contributed by atoms with van der Waals surface area (Å²) in [5.41, 5.74) is 5.26. The molecule has 0 amide bonds. The third kappa shape index (κ3) is 2.82. The number of rotatable bonds is 3. The lowest BCUT2D eigenvalue weighted by molar-refractivity contribution is 0.672. The van der Waals surface area contributed by atoms with Crippen LogP contribution >= 0.6 is 0 Å². The van der Waals surface area contributed by atoms with Gasteiger partial charge >= 0.3 is 0 Å². The molecule has 34 heavy (non-hydrogen) atoms. The van der Waals surface area contributed by atoms with E-state index in [0.717, 1.165) is 49.8 Å². The second-order valence-electron chi connectivity index (χ2n) is 8.59. The van der Waals surface area contributed by atoms with E-state index in [-0.39, 0.29) is 0 Å². The molecule has 0 aliphatic carbocycles. The quantitative estimate of drug-likeness (QED) is 0.275. The second-order valence-corrected chi connectivity index (χ2v) is 8.59. The monoisotopic (exact) mass is 435 g/mol. The Morgan fingerprint density at radius 1 is 0.441 bits per heavy atom. The number of fused-ring (bicyclic) bond motifs is 6. The van der Waals surface area contributed by atoms with Gasteiger partial charge in [0, 0.05) is 32.6 Å². The zero-order valence-electron chi connectivity index (χ0n) is 18.5. The van der Waals surface area contributed by atoms with Crippen LogP contribution < -0.4 is 4.90 Å². The third-order valence-electron chi connectivity index (χ3n) is 6.63. The molecule has 0 bridgehead atoms. The summed E-state index contributed by atoms with van der Waals surface area (Å²) in [6.07, 6.45) is 0. The van der Waals surface area contributed by atoms with Crippen LogP contribution in [-0.2, 0) is 0 Å². The van der Waals surface area contributed by atoms with Gasteiger partial charge in [0.25, 0.3) is 0 Å². The lowest BCUT2D eigenvalue weighted by Crippen LogP contribution is -2.11. The van der Waals surface area contributed by atoms with Gasteiger partial charge in [0.15, 0.2) is 0 Å². The van der Waals surface area contributed by atoms with Crippen LogP contribution in [0.3, 0.4) is 0 Å². The van der Waals surface area contributed by atoms with Gasteiger partial charge in [-0.3, -0.25) is 0 Å². The number of nitrogens with zero attached hydrogens (tertiary/aromatic N) is 1. The molecule has 0 saturated carbocycles. The molecule has 2 heteroatoms. The Bertz CT molecular complexity index is 1810. The van der Waals surface area contributed by atoms with Crippen molar-refractivity contribution < 1.29 is 4.42 Å². The molecule has 7 aromatic rings. The van der Waals surface area contributed by atoms with Crippen molar-refractivity contribution in [1.29, 1.82) is 0 Å². The van der Waals surface area contributed by atoms with Crippen LogP contribution in [0.4, 0.5) is 17.1 Å². The van der Waals surface area contributed by atoms with Crippen molar-refractivity contribution in [2.45, 2.75) is 0 Å². The van der Waals surface area contributed by atoms with Crippen LogP contribution in [0.1, 0.15) is 0 Å². The normalized spacial score (nSPS) is 11.5. The lowest BCUT2D eigenvalue weighted by Gasteiger charge is -2.28. The fourth-order valence-electron chi connectivity index (χ4n) is 5.10. The molecule has 0 spiro atoms. The van der Waals surface area contributed by atoms with Gasteiger partial charge in [-0.2, -0.15) is 0 Å². The summed E-state index contributed by atoms with van der Waals surface area (Å²) >= 11 is 0. The topological polar surface area (TPSA) is 16.4 Å². The minimum absolute atomic E-state index is 0.913. The summed E-state index contributed by atoms with van der Waals surface area (Å²) in [5, 5.41) is 6.98. The maximum Gasteiger partial charge on any atom is 0.143 e. The lowest BCUT2D eigenvalue weighted by atomic mass is 10.0. The molecule has 6 aromatic carbocycles. The number of furan rings is 1. The van der Waals surface area contributed by atoms with Crippen LogP contribution in [0.2, 0.25) is 0 Å². The van der Waals surface area contributed by atoms with Gasteiger partial charge < -0.3 is 9.32 Å². The minimum Gasteiger partial charge on any atom is -0.455 e. The molecule has 0 unspecified atom stereocenters. The maximum atomic E-state index is 6.36. The molecular weight excluding hydrogens is 414 g/mol. The Balaban J connectivity index is 1.64. The van der Waals surface area contributed by atoms with E-state index < -0.39 is 0 Å². The van der Waals surface area contributed by atoms with Gasteiger partial charge in [-0.1, -0.05) is 97.1 Å². The molecular formula is C32H21NO. The Hall–Kier alpha value is -4.56. The molecule has 1 aromatic heterocycles. The van der Waals surface area contributed by atoms with E-state index in [1.165, 1.54) is 10.8 Å². The van der Waals surface area contributed by atoms with Gasteiger partial charge in [-0.15, -0.1) is 0 Å². The number of benzene rings is 6. The summed E-state index contributed by atoms with van der Waals surface area (Å²) < 4.78 is 6.36. The third-order valence-corrected chi connectivity index (χ3v) is 6.63. The van der Waals surface area contributed by atoms with E-state index in [0.29, 0.717) is 0 Å². The van der Waals surface area contributed by atoms with Crippen molar-refractivity contribution in [2.75, 3.05) is 4.90 Å². The van der Waals surface area contributed by atoms with Gasteiger partial charge in [-0.05, 0) is 35.7 Å². The highest BCUT2D eigenvalue weighted by molar-refractivity contribution is 6.20. The van der Waals surface area contributed by atoms with E-state index in [2.05, 4.69) is 120 Å². The largest absolute Gasteiger partial charge is 0.455 e. The van der Waals surface area contributed by atoms with Crippen molar-refractivity contribution in [3.8, 4) is 0 Å². The first-order valence-corrected chi connectivity index (χ1v) is 11.5. The van der Waals surface area contributed by atoms with Crippen LogP contribution in [0.5, 0.6) is 0 Å². The smallest absolute Gasteiger partial charge is 0.143 e. The molecule has 1 heterocycles. The Labute approximate surface area is 197 Å². The molecule has 0 N–H and O–H groups in total. The standard InChI is InChI=1S/C32H21NO/c1-2-13-23(14-3-1)33(29-19-10-12-22-11-4-5-15-24(22)29)30-21-28-26-17-8-9-20-31(26)34-32(28)27-18-7-6-16-25(27)30/h1-21H. The van der Waals surface area contributed by atoms with Gasteiger partial charge in [0.1, 0.15) is 11.2 Å². The summed E-state index contributed by atoms with van der Waals surface area (Å²) in [4.78, 5) is 2.38. The van der Waals surface area contributed by atoms with E-state index in [9.17, 15) is 0 Å². The summed E-state index contributed by atoms with van der Waals surface area (Å²) in [6, 6.07) is 44.8. The zero-order valence-corrected chi connectivity index (χ0v) is 18.5. The van der Waals surface area contributed by atoms with E-state index in [1.807, 2.05) is 12.1 Å². The average molecular weight is 436 g/mol. The SMILES string of the molecule is c1ccc(N(c2cccc3ccccc23)c2cc3c4ccccc4oc3c3ccccc23)cc1. The zero-order chi connectivity index (χ0) is 22.5. The number of anilines is 3. The fourth-order valence-corrected chi connectivity index (χ4v) is 5.10. The van der Waals surface area contributed by atoms with Crippen molar-refractivity contribution in [1.82, 2.24) is 0 Å². The molecule has 0 aliphatic heterocycles. The van der Waals surface area contributed by atoms with Crippen LogP contribution in [-0.4, -0.2) is 0 Å². The summed E-state index contributed by atoms with van der Waals surface area (Å²) in [5.74, 6) is 0. The highest BCUT2D eigenvalue weighted by atomic mass is 16.3. The average Bonchev–Trinajstić information content (AvgIpc) is 3.29. The van der Waals surface area contributed by atoms with Crippen molar-refractivity contribution >= 4 is 60.5 Å². The van der Waals surface area contributed by atoms with Crippen molar-refractivity contribution in [2.24, 2.45) is 0 Å². The highest BCUT2D eigenvalue weighted by Gasteiger charge is 2.21. The van der Waals surface area contributed by atoms with Crippen molar-refractivity contribution in [3.05, 3.63) is 127 Å². The minimum atomic E-state index is 0.913. The molecule has 7 rings (SSSR count). The molecule has 0 fully saturated rings. The van der Waals surface area contributed by atoms with Crippen LogP contribution in [0, 0.1) is 0 Å². The van der Waals surface area contributed by atoms with Gasteiger partial charge in [0.2, 0.25) is 0 Å². The Morgan fingerprint density at radius 3 is 1.94 bits per heavy atom. The van der Waals surface area contributed by atoms with E-state index >= 15 is 0 Å². The summed E-state index contributed by atoms with van der Waals surface area (Å²) in [6.45, 7) is 0. The van der Waals surface area contributed by atoms with Gasteiger partial charge in [0.05, 0.1) is 11.4 Å². The first-order valence-electron chi connectivity index (χ1n) is 11.5. The molecule has 0 radical (unpaired) electrons. The highest BCUT2D eigenvalue weighted by Crippen LogP contribution is 2.45. The van der Waals surface area contributed by atoms with E-state index in [4.69, 9.17) is 4.42 Å². The van der Waals surface area contributed by atoms with Gasteiger partial charge in [-0.25, -0.2) is 0 Å². The molecule has 0 aliphatic rings. The number of para-hydroxylation sites is 2. The van der Waals surface area contributed by atoms with Crippen LogP contribution in [0.15, 0.2) is 132 Å². The second kappa shape index (κ2) is 7.50.